The molecule has 0 radical (unpaired) electrons. The van der Waals surface area contributed by atoms with Gasteiger partial charge in [0.15, 0.2) is 5.82 Å². The molecule has 0 spiro atoms. The van der Waals surface area contributed by atoms with E-state index < -0.39 is 0 Å². The monoisotopic (exact) mass is 465 g/mol. The van der Waals surface area contributed by atoms with E-state index in [0.29, 0.717) is 6.04 Å². The molecule has 1 aliphatic heterocycles. The van der Waals surface area contributed by atoms with Crippen LogP contribution < -0.4 is 0 Å². The third-order valence-electron chi connectivity index (χ3n) is 6.95. The van der Waals surface area contributed by atoms with E-state index in [1.165, 1.54) is 29.5 Å². The van der Waals surface area contributed by atoms with Crippen molar-refractivity contribution in [1.29, 1.82) is 0 Å². The summed E-state index contributed by atoms with van der Waals surface area (Å²) in [5.41, 5.74) is 3.67. The van der Waals surface area contributed by atoms with E-state index in [9.17, 15) is 0 Å². The Morgan fingerprint density at radius 3 is 2.48 bits per heavy atom. The SMILES string of the molecule is Cc1ccc([C@@H](c2nnnn2C2CCCC2)N(Cc2ccc(Cl)cc2)C[C@@H]2CCCO2)cc1. The topological polar surface area (TPSA) is 56.1 Å². The van der Waals surface area contributed by atoms with Crippen LogP contribution in [0.15, 0.2) is 48.5 Å². The molecule has 2 aliphatic rings. The predicted molar refractivity (Wildman–Crippen MR) is 129 cm³/mol. The molecular formula is C26H32ClN5O. The van der Waals surface area contributed by atoms with Gasteiger partial charge in [-0.05, 0) is 66.3 Å². The predicted octanol–water partition coefficient (Wildman–Crippen LogP) is 5.52. The van der Waals surface area contributed by atoms with Gasteiger partial charge in [0.1, 0.15) is 0 Å². The van der Waals surface area contributed by atoms with Gasteiger partial charge in [-0.15, -0.1) is 5.10 Å². The molecule has 1 aromatic heterocycles. The maximum atomic E-state index is 6.17. The lowest BCUT2D eigenvalue weighted by molar-refractivity contribution is 0.0572. The number of nitrogens with zero attached hydrogens (tertiary/aromatic N) is 5. The van der Waals surface area contributed by atoms with Gasteiger partial charge in [-0.2, -0.15) is 0 Å². The first kappa shape index (κ1) is 22.5. The molecule has 0 bridgehead atoms. The Morgan fingerprint density at radius 1 is 1.03 bits per heavy atom. The number of ether oxygens (including phenoxy) is 1. The summed E-state index contributed by atoms with van der Waals surface area (Å²) in [4.78, 5) is 2.49. The third kappa shape index (κ3) is 5.29. The van der Waals surface area contributed by atoms with Crippen molar-refractivity contribution < 1.29 is 4.74 Å². The summed E-state index contributed by atoms with van der Waals surface area (Å²) < 4.78 is 8.17. The van der Waals surface area contributed by atoms with Crippen molar-refractivity contribution in [3.63, 3.8) is 0 Å². The molecular weight excluding hydrogens is 434 g/mol. The number of aryl methyl sites for hydroxylation is 1. The lowest BCUT2D eigenvalue weighted by Crippen LogP contribution is -2.37. The van der Waals surface area contributed by atoms with Crippen molar-refractivity contribution in [2.75, 3.05) is 13.2 Å². The second-order valence-corrected chi connectivity index (χ2v) is 9.86. The highest BCUT2D eigenvalue weighted by Gasteiger charge is 2.33. The molecule has 3 aromatic rings. The molecule has 0 N–H and O–H groups in total. The van der Waals surface area contributed by atoms with Crippen LogP contribution in [0.25, 0.3) is 0 Å². The number of hydrogen-bond acceptors (Lipinski definition) is 5. The molecule has 2 atom stereocenters. The summed E-state index contributed by atoms with van der Waals surface area (Å²) in [6, 6.07) is 17.3. The average molecular weight is 466 g/mol. The Kier molecular flexibility index (Phi) is 7.04. The van der Waals surface area contributed by atoms with Crippen LogP contribution in [0.4, 0.5) is 0 Å². The van der Waals surface area contributed by atoms with E-state index in [2.05, 4.69) is 68.4 Å². The lowest BCUT2D eigenvalue weighted by atomic mass is 10.0. The zero-order valence-electron chi connectivity index (χ0n) is 19.2. The summed E-state index contributed by atoms with van der Waals surface area (Å²) in [6.07, 6.45) is 7.19. The van der Waals surface area contributed by atoms with Crippen LogP contribution in [0.3, 0.4) is 0 Å². The summed E-state index contributed by atoms with van der Waals surface area (Å²) >= 11 is 6.17. The zero-order valence-corrected chi connectivity index (χ0v) is 20.0. The molecule has 1 aliphatic carbocycles. The van der Waals surface area contributed by atoms with Crippen molar-refractivity contribution in [3.05, 3.63) is 76.1 Å². The Balaban J connectivity index is 1.55. The maximum absolute atomic E-state index is 6.17. The van der Waals surface area contributed by atoms with Gasteiger partial charge in [0.05, 0.1) is 18.2 Å². The minimum absolute atomic E-state index is 0.0546. The normalized spacial score (nSPS) is 20.0. The average Bonchev–Trinajstić information content (AvgIpc) is 3.60. The zero-order chi connectivity index (χ0) is 22.6. The summed E-state index contributed by atoms with van der Waals surface area (Å²) in [7, 11) is 0. The number of hydrogen-bond donors (Lipinski definition) is 0. The van der Waals surface area contributed by atoms with Crippen LogP contribution in [0.1, 0.15) is 73.1 Å². The van der Waals surface area contributed by atoms with Gasteiger partial charge in [0.2, 0.25) is 0 Å². The highest BCUT2D eigenvalue weighted by molar-refractivity contribution is 6.30. The maximum Gasteiger partial charge on any atom is 0.173 e. The fraction of sp³-hybridized carbons (Fsp3) is 0.500. The second-order valence-electron chi connectivity index (χ2n) is 9.42. The van der Waals surface area contributed by atoms with E-state index in [0.717, 1.165) is 56.2 Å². The van der Waals surface area contributed by atoms with Crippen molar-refractivity contribution in [2.24, 2.45) is 0 Å². The van der Waals surface area contributed by atoms with Crippen LogP contribution in [0.5, 0.6) is 0 Å². The van der Waals surface area contributed by atoms with Crippen LogP contribution >= 0.6 is 11.6 Å². The van der Waals surface area contributed by atoms with E-state index in [4.69, 9.17) is 16.3 Å². The van der Waals surface area contributed by atoms with Crippen LogP contribution in [-0.4, -0.2) is 44.4 Å². The molecule has 7 heteroatoms. The quantitative estimate of drug-likeness (QED) is 0.438. The summed E-state index contributed by atoms with van der Waals surface area (Å²) in [5, 5.41) is 14.0. The highest BCUT2D eigenvalue weighted by atomic mass is 35.5. The van der Waals surface area contributed by atoms with Crippen molar-refractivity contribution in [2.45, 2.75) is 70.2 Å². The molecule has 0 amide bonds. The fourth-order valence-electron chi connectivity index (χ4n) is 5.20. The largest absolute Gasteiger partial charge is 0.377 e. The number of benzene rings is 2. The molecule has 2 aromatic carbocycles. The lowest BCUT2D eigenvalue weighted by Gasteiger charge is -2.33. The van der Waals surface area contributed by atoms with E-state index >= 15 is 0 Å². The number of tetrazole rings is 1. The Labute approximate surface area is 200 Å². The minimum Gasteiger partial charge on any atom is -0.377 e. The van der Waals surface area contributed by atoms with Crippen molar-refractivity contribution >= 4 is 11.6 Å². The molecule has 6 nitrogen and oxygen atoms in total. The number of aromatic nitrogens is 4. The first-order chi connectivity index (χ1) is 16.2. The molecule has 5 rings (SSSR count). The Hall–Kier alpha value is -2.28. The first-order valence-corrected chi connectivity index (χ1v) is 12.5. The minimum atomic E-state index is -0.0546. The number of rotatable bonds is 8. The molecule has 174 valence electrons. The van der Waals surface area contributed by atoms with Crippen LogP contribution in [0, 0.1) is 6.92 Å². The first-order valence-electron chi connectivity index (χ1n) is 12.1. The third-order valence-corrected chi connectivity index (χ3v) is 7.20. The van der Waals surface area contributed by atoms with Gasteiger partial charge in [0, 0.05) is 24.7 Å². The Bertz CT molecular complexity index is 1020. The van der Waals surface area contributed by atoms with E-state index in [1.54, 1.807) is 0 Å². The highest BCUT2D eigenvalue weighted by Crippen LogP contribution is 2.35. The van der Waals surface area contributed by atoms with Crippen LogP contribution in [0.2, 0.25) is 5.02 Å². The van der Waals surface area contributed by atoms with E-state index in [-0.39, 0.29) is 12.1 Å². The molecule has 1 saturated carbocycles. The molecule has 33 heavy (non-hydrogen) atoms. The van der Waals surface area contributed by atoms with Crippen molar-refractivity contribution in [3.8, 4) is 0 Å². The van der Waals surface area contributed by atoms with Gasteiger partial charge in [-0.25, -0.2) is 4.68 Å². The standard InChI is InChI=1S/C26H32ClN5O/c1-19-8-12-21(13-9-19)25(26-28-29-30-32(26)23-5-2-3-6-23)31(18-24-7-4-16-33-24)17-20-10-14-22(27)15-11-20/h8-15,23-25H,2-7,16-18H2,1H3/t24-,25-/m0/s1. The van der Waals surface area contributed by atoms with Gasteiger partial charge >= 0.3 is 0 Å². The summed E-state index contributed by atoms with van der Waals surface area (Å²) in [6.45, 7) is 4.57. The second kappa shape index (κ2) is 10.3. The summed E-state index contributed by atoms with van der Waals surface area (Å²) in [5.74, 6) is 0.928. The van der Waals surface area contributed by atoms with E-state index in [1.807, 2.05) is 12.1 Å². The van der Waals surface area contributed by atoms with Gasteiger partial charge in [-0.3, -0.25) is 4.90 Å². The van der Waals surface area contributed by atoms with Crippen LogP contribution in [-0.2, 0) is 11.3 Å². The molecule has 2 heterocycles. The van der Waals surface area contributed by atoms with Gasteiger partial charge < -0.3 is 4.74 Å². The van der Waals surface area contributed by atoms with Crippen molar-refractivity contribution in [1.82, 2.24) is 25.1 Å². The Morgan fingerprint density at radius 2 is 1.79 bits per heavy atom. The van der Waals surface area contributed by atoms with Gasteiger partial charge in [-0.1, -0.05) is 66.4 Å². The molecule has 1 saturated heterocycles. The molecule has 2 fully saturated rings. The fourth-order valence-corrected chi connectivity index (χ4v) is 5.32. The molecule has 0 unspecified atom stereocenters. The van der Waals surface area contributed by atoms with Gasteiger partial charge in [0.25, 0.3) is 0 Å². The number of halogens is 1. The smallest absolute Gasteiger partial charge is 0.173 e.